The van der Waals surface area contributed by atoms with E-state index >= 15 is 0 Å². The highest BCUT2D eigenvalue weighted by Gasteiger charge is 2.44. The molecule has 1 aromatic rings. The number of nitrogens with zero attached hydrogens (tertiary/aromatic N) is 3. The second-order valence-corrected chi connectivity index (χ2v) is 6.79. The van der Waals surface area contributed by atoms with Gasteiger partial charge in [-0.3, -0.25) is 9.56 Å². The first kappa shape index (κ1) is 19.1. The third kappa shape index (κ3) is 3.45. The number of imidazole rings is 1. The molecule has 2 unspecified atom stereocenters. The van der Waals surface area contributed by atoms with E-state index in [-0.39, 0.29) is 17.8 Å². The summed E-state index contributed by atoms with van der Waals surface area (Å²) in [4.78, 5) is 8.66. The molecule has 1 aliphatic heterocycles. The highest BCUT2D eigenvalue weighted by molar-refractivity contribution is 6.18. The van der Waals surface area contributed by atoms with E-state index in [0.717, 1.165) is 12.8 Å². The van der Waals surface area contributed by atoms with Crippen molar-refractivity contribution in [1.82, 2.24) is 9.55 Å². The average Bonchev–Trinajstić information content (AvgIpc) is 3.29. The second kappa shape index (κ2) is 7.93. The van der Waals surface area contributed by atoms with E-state index in [0.29, 0.717) is 17.9 Å². The topological polar surface area (TPSA) is 138 Å². The summed E-state index contributed by atoms with van der Waals surface area (Å²) in [7, 11) is 0. The maximum absolute atomic E-state index is 10.3. The Morgan fingerprint density at radius 1 is 1.46 bits per heavy atom. The third-order valence-corrected chi connectivity index (χ3v) is 5.09. The van der Waals surface area contributed by atoms with Gasteiger partial charge >= 0.3 is 0 Å². The monoisotopic (exact) mass is 385 g/mol. The second-order valence-electron chi connectivity index (χ2n) is 6.48. The molecule has 1 aliphatic carbocycles. The molecule has 0 amide bonds. The molecule has 6 atom stereocenters. The van der Waals surface area contributed by atoms with Gasteiger partial charge in [-0.05, 0) is 25.5 Å². The summed E-state index contributed by atoms with van der Waals surface area (Å²) in [6.07, 6.45) is 0.855. The van der Waals surface area contributed by atoms with Crippen molar-refractivity contribution in [2.75, 3.05) is 11.2 Å². The summed E-state index contributed by atoms with van der Waals surface area (Å²) in [5, 5.41) is 33.2. The number of amidine groups is 1. The van der Waals surface area contributed by atoms with Crippen LogP contribution in [0.5, 0.6) is 0 Å². The van der Waals surface area contributed by atoms with Gasteiger partial charge in [0.2, 0.25) is 0 Å². The van der Waals surface area contributed by atoms with E-state index in [1.807, 2.05) is 0 Å². The summed E-state index contributed by atoms with van der Waals surface area (Å²) >= 11 is 5.77. The first-order chi connectivity index (χ1) is 12.5. The number of aliphatic imine (C=N–C) groups is 1. The van der Waals surface area contributed by atoms with E-state index < -0.39 is 30.6 Å². The molecule has 10 heteroatoms. The number of hydrogen-bond acceptors (Lipinski definition) is 7. The lowest BCUT2D eigenvalue weighted by Crippen LogP contribution is -2.32. The highest BCUT2D eigenvalue weighted by Crippen LogP contribution is 2.33. The smallest absolute Gasteiger partial charge is 0.165 e. The Labute approximate surface area is 156 Å². The largest absolute Gasteiger partial charge is 0.391 e. The first-order valence-corrected chi connectivity index (χ1v) is 9.05. The summed E-state index contributed by atoms with van der Waals surface area (Å²) in [5.74, 6) is 0.630. The molecule has 0 spiro atoms. The number of halogens is 1. The molecule has 9 nitrogen and oxygen atoms in total. The molecule has 144 valence electrons. The number of rotatable bonds is 6. The Morgan fingerprint density at radius 3 is 2.81 bits per heavy atom. The number of nitrogens with two attached hydrogens (primary N) is 1. The number of aromatic nitrogens is 2. The van der Waals surface area contributed by atoms with Gasteiger partial charge in [-0.15, -0.1) is 11.6 Å². The molecule has 2 heterocycles. The van der Waals surface area contributed by atoms with E-state index in [1.54, 1.807) is 0 Å². The molecular weight excluding hydrogens is 362 g/mol. The molecule has 1 saturated carbocycles. The summed E-state index contributed by atoms with van der Waals surface area (Å²) in [5.41, 5.74) is 6.46. The number of aliphatic hydroxyl groups is 3. The normalized spacial score (nSPS) is 35.0. The maximum atomic E-state index is 10.3. The number of ether oxygens (including phenoxy) is 1. The van der Waals surface area contributed by atoms with Gasteiger partial charge in [-0.2, -0.15) is 0 Å². The number of nitrogens with one attached hydrogen (secondary N) is 1. The van der Waals surface area contributed by atoms with Crippen LogP contribution in [-0.2, 0) is 4.74 Å². The standard InChI is InChI=1S/C16H24ClN5O4/c1-2-19-15-11(14(18)21-8-4-3-5-9(8)23)20-7-22(15)16-13(25)12(24)10(6-17)26-16/h2,7-10,12-13,16,19,23-25H,1,3-6H2,(H2,18,21)/t8?,9?,10-,12-,13-,16-/m1/s1. The van der Waals surface area contributed by atoms with Crippen LogP contribution in [0.4, 0.5) is 5.82 Å². The van der Waals surface area contributed by atoms with Gasteiger partial charge < -0.3 is 31.1 Å². The van der Waals surface area contributed by atoms with Crippen LogP contribution in [0.2, 0.25) is 0 Å². The molecule has 2 fully saturated rings. The molecule has 1 saturated heterocycles. The number of anilines is 1. The van der Waals surface area contributed by atoms with Crippen LogP contribution >= 0.6 is 11.6 Å². The van der Waals surface area contributed by atoms with Crippen LogP contribution in [0.1, 0.15) is 31.2 Å². The van der Waals surface area contributed by atoms with Crippen molar-refractivity contribution in [2.24, 2.45) is 10.7 Å². The van der Waals surface area contributed by atoms with E-state index in [9.17, 15) is 15.3 Å². The van der Waals surface area contributed by atoms with Gasteiger partial charge in [0.15, 0.2) is 6.23 Å². The maximum Gasteiger partial charge on any atom is 0.165 e. The lowest BCUT2D eigenvalue weighted by Gasteiger charge is -2.19. The Balaban J connectivity index is 1.91. The van der Waals surface area contributed by atoms with Crippen molar-refractivity contribution in [1.29, 1.82) is 0 Å². The Morgan fingerprint density at radius 2 is 2.23 bits per heavy atom. The molecule has 2 aliphatic rings. The van der Waals surface area contributed by atoms with Crippen LogP contribution in [-0.4, -0.2) is 67.0 Å². The van der Waals surface area contributed by atoms with Crippen molar-refractivity contribution < 1.29 is 20.1 Å². The fraction of sp³-hybridized carbons (Fsp3) is 0.625. The first-order valence-electron chi connectivity index (χ1n) is 8.51. The quantitative estimate of drug-likeness (QED) is 0.262. The lowest BCUT2D eigenvalue weighted by molar-refractivity contribution is -0.0301. The Hall–Kier alpha value is -1.65. The highest BCUT2D eigenvalue weighted by atomic mass is 35.5. The Bertz CT molecular complexity index is 682. The number of hydrogen-bond donors (Lipinski definition) is 5. The molecule has 0 radical (unpaired) electrons. The van der Waals surface area contributed by atoms with E-state index in [4.69, 9.17) is 22.1 Å². The van der Waals surface area contributed by atoms with E-state index in [2.05, 4.69) is 21.9 Å². The van der Waals surface area contributed by atoms with Crippen LogP contribution in [0, 0.1) is 0 Å². The van der Waals surface area contributed by atoms with Gasteiger partial charge in [-0.25, -0.2) is 4.98 Å². The predicted molar refractivity (Wildman–Crippen MR) is 97.1 cm³/mol. The van der Waals surface area contributed by atoms with Crippen molar-refractivity contribution in [3.63, 3.8) is 0 Å². The van der Waals surface area contributed by atoms with Crippen LogP contribution < -0.4 is 11.1 Å². The van der Waals surface area contributed by atoms with Crippen molar-refractivity contribution in [2.45, 2.75) is 55.9 Å². The SMILES string of the molecule is C=CNc1c(C(N)=NC2CCCC2O)ncn1[C@@H]1O[C@H](CCl)[C@@H](O)[C@H]1O. The van der Waals surface area contributed by atoms with Crippen LogP contribution in [0.3, 0.4) is 0 Å². The minimum absolute atomic E-state index is 0.0453. The lowest BCUT2D eigenvalue weighted by atomic mass is 10.1. The molecule has 6 N–H and O–H groups in total. The summed E-state index contributed by atoms with van der Waals surface area (Å²) in [6.45, 7) is 3.64. The van der Waals surface area contributed by atoms with Crippen molar-refractivity contribution >= 4 is 23.3 Å². The summed E-state index contributed by atoms with van der Waals surface area (Å²) < 4.78 is 7.17. The molecule has 26 heavy (non-hydrogen) atoms. The fourth-order valence-electron chi connectivity index (χ4n) is 3.38. The molecule has 1 aromatic heterocycles. The zero-order chi connectivity index (χ0) is 18.8. The van der Waals surface area contributed by atoms with Gasteiger partial charge in [0, 0.05) is 0 Å². The van der Waals surface area contributed by atoms with Gasteiger partial charge in [-0.1, -0.05) is 6.58 Å². The minimum Gasteiger partial charge on any atom is -0.391 e. The molecular formula is C16H24ClN5O4. The van der Waals surface area contributed by atoms with Gasteiger partial charge in [0.1, 0.15) is 35.7 Å². The van der Waals surface area contributed by atoms with Crippen LogP contribution in [0.15, 0.2) is 24.1 Å². The zero-order valence-corrected chi connectivity index (χ0v) is 15.0. The number of alkyl halides is 1. The molecule has 0 aromatic carbocycles. The van der Waals surface area contributed by atoms with Gasteiger partial charge in [0.05, 0.1) is 24.4 Å². The average molecular weight is 386 g/mol. The predicted octanol–water partition coefficient (Wildman–Crippen LogP) is -0.0848. The summed E-state index contributed by atoms with van der Waals surface area (Å²) in [6, 6.07) is -0.257. The van der Waals surface area contributed by atoms with Crippen molar-refractivity contribution in [3.8, 4) is 0 Å². The molecule has 0 bridgehead atoms. The van der Waals surface area contributed by atoms with Crippen LogP contribution in [0.25, 0.3) is 0 Å². The number of aliphatic hydroxyl groups excluding tert-OH is 3. The van der Waals surface area contributed by atoms with E-state index in [1.165, 1.54) is 17.1 Å². The minimum atomic E-state index is -1.18. The Kier molecular flexibility index (Phi) is 5.83. The zero-order valence-electron chi connectivity index (χ0n) is 14.2. The fourth-order valence-corrected chi connectivity index (χ4v) is 3.63. The molecule has 3 rings (SSSR count). The van der Waals surface area contributed by atoms with Gasteiger partial charge in [0.25, 0.3) is 0 Å². The third-order valence-electron chi connectivity index (χ3n) is 4.79. The van der Waals surface area contributed by atoms with Crippen molar-refractivity contribution in [3.05, 3.63) is 24.8 Å².